The first kappa shape index (κ1) is 29.9. The first-order valence-corrected chi connectivity index (χ1v) is 12.9. The molecule has 0 spiro atoms. The number of anilines is 1. The van der Waals surface area contributed by atoms with Crippen molar-refractivity contribution in [3.63, 3.8) is 0 Å². The standard InChI is InChI=1S/C27H24F6N8O2/c1-35-25(43)40-14-17(6-7-20(40)27(31,32)33)22-19-13-36-10-11-41(19,34)23(39-22)15-2-4-16(5-3-15)24(42)38-21-12-18(8-9-37-21)26(28,29)30/h2-5,8-13,17,20H,6-7,14,34H2,1H3,(H-,35,37,38,42,43)/p+1/t17-,20+,41?/m0/s1. The minimum atomic E-state index is -4.61. The second-order valence-electron chi connectivity index (χ2n) is 10.1. The summed E-state index contributed by atoms with van der Waals surface area (Å²) in [6.45, 7) is -0.250. The quantitative estimate of drug-likeness (QED) is 0.268. The Labute approximate surface area is 240 Å². The lowest BCUT2D eigenvalue weighted by Crippen LogP contribution is -2.56. The van der Waals surface area contributed by atoms with Crippen LogP contribution in [-0.4, -0.2) is 64.3 Å². The Kier molecular flexibility index (Phi) is 7.60. The molecule has 3 atom stereocenters. The van der Waals surface area contributed by atoms with E-state index in [2.05, 4.69) is 20.6 Å². The monoisotopic (exact) mass is 607 g/mol. The molecule has 16 heteroatoms. The van der Waals surface area contributed by atoms with Crippen molar-refractivity contribution in [3.8, 4) is 0 Å². The van der Waals surface area contributed by atoms with Crippen LogP contribution in [0.1, 0.15) is 34.3 Å². The van der Waals surface area contributed by atoms with E-state index in [0.29, 0.717) is 28.9 Å². The van der Waals surface area contributed by atoms with Gasteiger partial charge in [0.15, 0.2) is 0 Å². The number of halogens is 6. The summed E-state index contributed by atoms with van der Waals surface area (Å²) in [7, 11) is 1.26. The number of quaternary nitrogens is 1. The number of nitrogens with two attached hydrogens (primary N) is 1. The molecule has 43 heavy (non-hydrogen) atoms. The van der Waals surface area contributed by atoms with E-state index in [1.807, 2.05) is 0 Å². The van der Waals surface area contributed by atoms with Gasteiger partial charge in [-0.1, -0.05) is 0 Å². The van der Waals surface area contributed by atoms with E-state index in [0.717, 1.165) is 17.2 Å². The summed E-state index contributed by atoms with van der Waals surface area (Å²) in [6.07, 6.45) is -4.06. The number of benzene rings is 1. The van der Waals surface area contributed by atoms with Crippen molar-refractivity contribution in [2.24, 2.45) is 21.7 Å². The molecular formula is C27H25F6N8O2+. The third-order valence-electron chi connectivity index (χ3n) is 7.38. The van der Waals surface area contributed by atoms with Gasteiger partial charge in [-0.15, -0.1) is 4.59 Å². The second kappa shape index (κ2) is 10.9. The SMILES string of the molecule is CNC(=O)N1C[C@@H](C2=C3C=NC=C[N+]3(N)C(c3ccc(C(=O)Nc4cc(C(F)(F)F)ccn4)cc3)=N2)CC[C@@H]1C(F)(F)F. The molecule has 4 N–H and O–H groups in total. The van der Waals surface area contributed by atoms with Gasteiger partial charge in [0.1, 0.15) is 23.8 Å². The summed E-state index contributed by atoms with van der Waals surface area (Å²) in [6, 6.07) is 4.62. The number of alkyl halides is 6. The lowest BCUT2D eigenvalue weighted by Gasteiger charge is -2.39. The van der Waals surface area contributed by atoms with Gasteiger partial charge in [0.2, 0.25) is 5.70 Å². The van der Waals surface area contributed by atoms with Crippen molar-refractivity contribution in [2.45, 2.75) is 31.2 Å². The number of hydrogen-bond acceptors (Lipinski definition) is 6. The fraction of sp³-hybridized carbons (Fsp3) is 0.296. The third-order valence-corrected chi connectivity index (χ3v) is 7.38. The number of amidine groups is 1. The van der Waals surface area contributed by atoms with Gasteiger partial charge in [0.25, 0.3) is 11.7 Å². The first-order chi connectivity index (χ1) is 20.2. The number of urea groups is 1. The fourth-order valence-electron chi connectivity index (χ4n) is 5.24. The summed E-state index contributed by atoms with van der Waals surface area (Å²) in [4.78, 5) is 38.5. The van der Waals surface area contributed by atoms with Crippen LogP contribution in [0.25, 0.3) is 0 Å². The number of nitrogens with zero attached hydrogens (tertiary/aromatic N) is 5. The fourth-order valence-corrected chi connectivity index (χ4v) is 5.24. The zero-order valence-corrected chi connectivity index (χ0v) is 22.4. The van der Waals surface area contributed by atoms with Gasteiger partial charge < -0.3 is 15.5 Å². The molecule has 3 aliphatic heterocycles. The molecule has 0 radical (unpaired) electrons. The normalized spacial score (nSPS) is 23.6. The van der Waals surface area contributed by atoms with Gasteiger partial charge in [-0.05, 0) is 49.2 Å². The molecule has 5 rings (SSSR count). The Hall–Kier alpha value is -4.57. The van der Waals surface area contributed by atoms with Gasteiger partial charge in [0.05, 0.1) is 23.5 Å². The highest BCUT2D eigenvalue weighted by Crippen LogP contribution is 2.41. The van der Waals surface area contributed by atoms with Crippen molar-refractivity contribution in [3.05, 3.63) is 83.1 Å². The molecule has 1 unspecified atom stereocenters. The molecule has 3 amide bonds. The van der Waals surface area contributed by atoms with Crippen molar-refractivity contribution >= 4 is 29.8 Å². The molecule has 10 nitrogen and oxygen atoms in total. The summed E-state index contributed by atoms with van der Waals surface area (Å²) in [5.74, 6) is 5.46. The Morgan fingerprint density at radius 1 is 1.07 bits per heavy atom. The van der Waals surface area contributed by atoms with Crippen LogP contribution in [0.4, 0.5) is 37.0 Å². The molecule has 0 aliphatic carbocycles. The number of pyridine rings is 1. The summed E-state index contributed by atoms with van der Waals surface area (Å²) < 4.78 is 79.6. The maximum absolute atomic E-state index is 13.7. The van der Waals surface area contributed by atoms with Crippen molar-refractivity contribution in [1.29, 1.82) is 0 Å². The van der Waals surface area contributed by atoms with Crippen LogP contribution in [-0.2, 0) is 6.18 Å². The Balaban J connectivity index is 1.40. The molecule has 4 heterocycles. The van der Waals surface area contributed by atoms with Gasteiger partial charge in [0, 0.05) is 31.3 Å². The molecule has 1 aromatic heterocycles. The highest BCUT2D eigenvalue weighted by Gasteiger charge is 2.51. The van der Waals surface area contributed by atoms with Crippen LogP contribution in [0.15, 0.2) is 76.4 Å². The third kappa shape index (κ3) is 5.75. The van der Waals surface area contributed by atoms with Crippen molar-refractivity contribution < 1.29 is 40.5 Å². The highest BCUT2D eigenvalue weighted by atomic mass is 19.4. The maximum Gasteiger partial charge on any atom is 0.416 e. The van der Waals surface area contributed by atoms with E-state index in [1.54, 1.807) is 6.20 Å². The van der Waals surface area contributed by atoms with E-state index in [9.17, 15) is 35.9 Å². The Morgan fingerprint density at radius 3 is 2.44 bits per heavy atom. The molecule has 2 aromatic rings. The van der Waals surface area contributed by atoms with E-state index >= 15 is 0 Å². The van der Waals surface area contributed by atoms with Crippen LogP contribution in [0.3, 0.4) is 0 Å². The first-order valence-electron chi connectivity index (χ1n) is 12.9. The lowest BCUT2D eigenvalue weighted by molar-refractivity contribution is -0.750. The predicted molar refractivity (Wildman–Crippen MR) is 143 cm³/mol. The number of hydrogen-bond donors (Lipinski definition) is 3. The molecule has 1 fully saturated rings. The largest absolute Gasteiger partial charge is 0.416 e. The number of likely N-dealkylation sites (tertiary alicyclic amines) is 1. The van der Waals surface area contributed by atoms with Gasteiger partial charge >= 0.3 is 18.4 Å². The summed E-state index contributed by atoms with van der Waals surface area (Å²) in [5, 5.41) is 4.60. The average Bonchev–Trinajstić information content (AvgIpc) is 3.28. The topological polar surface area (TPSA) is 125 Å². The maximum atomic E-state index is 13.7. The zero-order chi connectivity index (χ0) is 31.2. The number of aromatic nitrogens is 1. The number of nitrogens with one attached hydrogen (secondary N) is 2. The van der Waals surface area contributed by atoms with Crippen LogP contribution in [0, 0.1) is 5.92 Å². The molecule has 0 saturated carbocycles. The van der Waals surface area contributed by atoms with Gasteiger partial charge in [-0.2, -0.15) is 37.2 Å². The number of carbonyl (C=O) groups excluding carboxylic acids is 2. The number of aliphatic imine (C=N–C) groups is 2. The highest BCUT2D eigenvalue weighted by molar-refractivity contribution is 6.05. The second-order valence-corrected chi connectivity index (χ2v) is 10.1. The molecule has 1 aromatic carbocycles. The number of carbonyl (C=O) groups is 2. The van der Waals surface area contributed by atoms with E-state index in [4.69, 9.17) is 10.8 Å². The van der Waals surface area contributed by atoms with Gasteiger partial charge in [-0.25, -0.2) is 9.78 Å². The van der Waals surface area contributed by atoms with E-state index < -0.39 is 46.4 Å². The van der Waals surface area contributed by atoms with E-state index in [1.165, 1.54) is 43.7 Å². The van der Waals surface area contributed by atoms with Crippen molar-refractivity contribution in [1.82, 2.24) is 15.2 Å². The molecule has 1 saturated heterocycles. The number of allylic oxidation sites excluding steroid dienone is 1. The molecule has 0 bridgehead atoms. The smallest absolute Gasteiger partial charge is 0.341 e. The predicted octanol–water partition coefficient (Wildman–Crippen LogP) is 4.55. The molecular weight excluding hydrogens is 582 g/mol. The average molecular weight is 608 g/mol. The number of rotatable bonds is 4. The minimum absolute atomic E-state index is 0.0908. The molecule has 3 aliphatic rings. The van der Waals surface area contributed by atoms with Crippen LogP contribution < -0.4 is 16.5 Å². The van der Waals surface area contributed by atoms with Crippen molar-refractivity contribution in [2.75, 3.05) is 18.9 Å². The van der Waals surface area contributed by atoms with Gasteiger partial charge in [-0.3, -0.25) is 9.79 Å². The van der Waals surface area contributed by atoms with Crippen LogP contribution in [0.5, 0.6) is 0 Å². The zero-order valence-electron chi connectivity index (χ0n) is 22.4. The number of fused-ring (bicyclic) bond motifs is 1. The minimum Gasteiger partial charge on any atom is -0.341 e. The number of piperidine rings is 1. The van der Waals surface area contributed by atoms with Crippen LogP contribution in [0.2, 0.25) is 0 Å². The molecule has 226 valence electrons. The van der Waals surface area contributed by atoms with E-state index in [-0.39, 0.29) is 30.8 Å². The summed E-state index contributed by atoms with van der Waals surface area (Å²) >= 11 is 0. The lowest BCUT2D eigenvalue weighted by atomic mass is 9.89. The summed E-state index contributed by atoms with van der Waals surface area (Å²) in [5.41, 5.74) is 0.420. The Morgan fingerprint density at radius 2 is 1.79 bits per heavy atom. The Bertz CT molecular complexity index is 1560. The number of amides is 3. The van der Waals surface area contributed by atoms with Crippen LogP contribution >= 0.6 is 0 Å².